The van der Waals surface area contributed by atoms with Gasteiger partial charge >= 0.3 is 0 Å². The molecule has 4 rings (SSSR count). The number of hydrogen-bond acceptors (Lipinski definition) is 7. The fraction of sp³-hybridized carbons (Fsp3) is 0.318. The third kappa shape index (κ3) is 3.55. The third-order valence-electron chi connectivity index (χ3n) is 5.27. The maximum atomic E-state index is 13.6. The smallest absolute Gasteiger partial charge is 0.256 e. The fourth-order valence-corrected chi connectivity index (χ4v) is 3.87. The van der Waals surface area contributed by atoms with Crippen LogP contribution in [-0.2, 0) is 4.74 Å². The number of aliphatic hydroxyl groups is 1. The van der Waals surface area contributed by atoms with Gasteiger partial charge in [0, 0.05) is 18.9 Å². The van der Waals surface area contributed by atoms with Gasteiger partial charge in [-0.15, -0.1) is 0 Å². The van der Waals surface area contributed by atoms with E-state index in [-0.39, 0.29) is 12.5 Å². The quantitative estimate of drug-likeness (QED) is 0.691. The number of rotatable bonds is 5. The first-order valence-corrected chi connectivity index (χ1v) is 9.63. The van der Waals surface area contributed by atoms with E-state index in [0.29, 0.717) is 41.2 Å². The Hall–Kier alpha value is -3.23. The molecule has 156 valence electrons. The summed E-state index contributed by atoms with van der Waals surface area (Å²) < 4.78 is 16.5. The average Bonchev–Trinajstić information content (AvgIpc) is 2.82. The molecule has 2 atom stereocenters. The van der Waals surface area contributed by atoms with Crippen LogP contribution < -0.4 is 9.47 Å². The molecule has 1 aliphatic rings. The highest BCUT2D eigenvalue weighted by Gasteiger charge is 2.37. The van der Waals surface area contributed by atoms with Crippen molar-refractivity contribution in [2.75, 3.05) is 34.0 Å². The Morgan fingerprint density at radius 3 is 2.73 bits per heavy atom. The minimum Gasteiger partial charge on any atom is -0.493 e. The number of nitrogens with zero attached hydrogens (tertiary/aromatic N) is 3. The van der Waals surface area contributed by atoms with E-state index in [4.69, 9.17) is 14.2 Å². The van der Waals surface area contributed by atoms with Crippen molar-refractivity contribution in [1.29, 1.82) is 0 Å². The number of fused-ring (bicyclic) bond motifs is 1. The zero-order chi connectivity index (χ0) is 21.1. The van der Waals surface area contributed by atoms with E-state index in [1.165, 1.54) is 0 Å². The molecule has 1 aliphatic heterocycles. The van der Waals surface area contributed by atoms with Crippen molar-refractivity contribution >= 4 is 16.9 Å². The predicted molar refractivity (Wildman–Crippen MR) is 110 cm³/mol. The van der Waals surface area contributed by atoms with Crippen LogP contribution in [0.3, 0.4) is 0 Å². The van der Waals surface area contributed by atoms with E-state index in [9.17, 15) is 9.90 Å². The monoisotopic (exact) mass is 409 g/mol. The van der Waals surface area contributed by atoms with Crippen LogP contribution in [0.2, 0.25) is 0 Å². The summed E-state index contributed by atoms with van der Waals surface area (Å²) >= 11 is 0. The second-order valence-corrected chi connectivity index (χ2v) is 6.88. The van der Waals surface area contributed by atoms with E-state index in [2.05, 4.69) is 9.97 Å². The molecule has 0 unspecified atom stereocenters. The van der Waals surface area contributed by atoms with E-state index >= 15 is 0 Å². The van der Waals surface area contributed by atoms with Gasteiger partial charge in [-0.05, 0) is 29.8 Å². The summed E-state index contributed by atoms with van der Waals surface area (Å²) in [6, 6.07) is 10.3. The van der Waals surface area contributed by atoms with Gasteiger partial charge < -0.3 is 24.2 Å². The van der Waals surface area contributed by atoms with E-state index in [1.807, 2.05) is 18.2 Å². The third-order valence-corrected chi connectivity index (χ3v) is 5.27. The van der Waals surface area contributed by atoms with Gasteiger partial charge in [0.25, 0.3) is 5.91 Å². The minimum atomic E-state index is -0.568. The number of aliphatic hydroxyl groups excluding tert-OH is 1. The molecule has 8 nitrogen and oxygen atoms in total. The highest BCUT2D eigenvalue weighted by molar-refractivity contribution is 6.04. The Balaban J connectivity index is 1.78. The molecule has 0 aliphatic carbocycles. The lowest BCUT2D eigenvalue weighted by molar-refractivity contribution is -0.0811. The molecular weight excluding hydrogens is 386 g/mol. The van der Waals surface area contributed by atoms with Crippen LogP contribution in [-0.4, -0.2) is 66.0 Å². The largest absolute Gasteiger partial charge is 0.493 e. The number of carbonyl (C=O) groups is 1. The molecule has 1 amide bonds. The van der Waals surface area contributed by atoms with E-state index in [1.54, 1.807) is 49.7 Å². The van der Waals surface area contributed by atoms with Crippen LogP contribution in [0, 0.1) is 0 Å². The number of ether oxygens (including phenoxy) is 3. The Morgan fingerprint density at radius 1 is 1.17 bits per heavy atom. The van der Waals surface area contributed by atoms with Crippen molar-refractivity contribution in [3.05, 3.63) is 59.9 Å². The van der Waals surface area contributed by atoms with Crippen LogP contribution in [0.1, 0.15) is 22.0 Å². The number of amides is 1. The number of benzene rings is 2. The molecule has 0 radical (unpaired) electrons. The van der Waals surface area contributed by atoms with Crippen LogP contribution in [0.15, 0.2) is 48.8 Å². The molecule has 8 heteroatoms. The highest BCUT2D eigenvalue weighted by atomic mass is 16.5. The maximum absolute atomic E-state index is 13.6. The topological polar surface area (TPSA) is 94.0 Å². The number of carbonyl (C=O) groups excluding carboxylic acids is 1. The van der Waals surface area contributed by atoms with Gasteiger partial charge in [-0.25, -0.2) is 0 Å². The zero-order valence-corrected chi connectivity index (χ0v) is 16.8. The zero-order valence-electron chi connectivity index (χ0n) is 16.8. The molecular formula is C22H23N3O5. The summed E-state index contributed by atoms with van der Waals surface area (Å²) in [5, 5.41) is 9.95. The van der Waals surface area contributed by atoms with Crippen molar-refractivity contribution in [3.8, 4) is 11.5 Å². The SMILES string of the molecule is COc1ccc([C@H]2[C@H](CO)OCCN2C(=O)c2cccc3nccnc23)cc1OC. The van der Waals surface area contributed by atoms with Gasteiger partial charge in [-0.3, -0.25) is 14.8 Å². The minimum absolute atomic E-state index is 0.192. The summed E-state index contributed by atoms with van der Waals surface area (Å²) in [5.74, 6) is 0.934. The first kappa shape index (κ1) is 20.1. The van der Waals surface area contributed by atoms with Crippen molar-refractivity contribution in [2.24, 2.45) is 0 Å². The second-order valence-electron chi connectivity index (χ2n) is 6.88. The van der Waals surface area contributed by atoms with Gasteiger partial charge in [-0.1, -0.05) is 12.1 Å². The number of hydrogen-bond donors (Lipinski definition) is 1. The van der Waals surface area contributed by atoms with E-state index in [0.717, 1.165) is 5.56 Å². The molecule has 3 aromatic rings. The van der Waals surface area contributed by atoms with Gasteiger partial charge in [0.2, 0.25) is 0 Å². The molecule has 0 spiro atoms. The summed E-state index contributed by atoms with van der Waals surface area (Å²) in [6.07, 6.45) is 2.60. The summed E-state index contributed by atoms with van der Waals surface area (Å²) in [5.41, 5.74) is 2.44. The van der Waals surface area contributed by atoms with Gasteiger partial charge in [0.1, 0.15) is 11.6 Å². The van der Waals surface area contributed by atoms with Crippen molar-refractivity contribution < 1.29 is 24.1 Å². The molecule has 0 saturated carbocycles. The molecule has 1 N–H and O–H groups in total. The molecule has 1 saturated heterocycles. The molecule has 2 heterocycles. The molecule has 1 aromatic heterocycles. The fourth-order valence-electron chi connectivity index (χ4n) is 3.87. The molecule has 30 heavy (non-hydrogen) atoms. The average molecular weight is 409 g/mol. The first-order chi connectivity index (χ1) is 14.7. The Bertz CT molecular complexity index is 1050. The van der Waals surface area contributed by atoms with Gasteiger partial charge in [0.15, 0.2) is 11.5 Å². The lowest BCUT2D eigenvalue weighted by atomic mass is 9.96. The van der Waals surface area contributed by atoms with E-state index < -0.39 is 12.1 Å². The Labute approximate surface area is 174 Å². The lowest BCUT2D eigenvalue weighted by Gasteiger charge is -2.41. The Morgan fingerprint density at radius 2 is 1.97 bits per heavy atom. The predicted octanol–water partition coefficient (Wildman–Crippen LogP) is 2.22. The van der Waals surface area contributed by atoms with Gasteiger partial charge in [0.05, 0.1) is 44.6 Å². The number of methoxy groups -OCH3 is 2. The second kappa shape index (κ2) is 8.64. The van der Waals surface area contributed by atoms with Crippen LogP contribution >= 0.6 is 0 Å². The van der Waals surface area contributed by atoms with Gasteiger partial charge in [-0.2, -0.15) is 0 Å². The number of aromatic nitrogens is 2. The standard InChI is InChI=1S/C22H23N3O5/c1-28-17-7-6-14(12-18(17)29-2)21-19(13-26)30-11-10-25(21)22(27)15-4-3-5-16-20(15)24-9-8-23-16/h3-9,12,19,21,26H,10-11,13H2,1-2H3/t19-,21-/m0/s1. The summed E-state index contributed by atoms with van der Waals surface area (Å²) in [6.45, 7) is 0.486. The lowest BCUT2D eigenvalue weighted by Crippen LogP contribution is -2.49. The normalized spacial score (nSPS) is 19.0. The van der Waals surface area contributed by atoms with Crippen LogP contribution in [0.4, 0.5) is 0 Å². The molecule has 2 aromatic carbocycles. The van der Waals surface area contributed by atoms with Crippen molar-refractivity contribution in [1.82, 2.24) is 14.9 Å². The number of morpholine rings is 1. The highest BCUT2D eigenvalue weighted by Crippen LogP contribution is 2.36. The van der Waals surface area contributed by atoms with Crippen LogP contribution in [0.25, 0.3) is 11.0 Å². The van der Waals surface area contributed by atoms with Crippen molar-refractivity contribution in [2.45, 2.75) is 12.1 Å². The summed E-state index contributed by atoms with van der Waals surface area (Å²) in [7, 11) is 3.12. The molecule has 1 fully saturated rings. The maximum Gasteiger partial charge on any atom is 0.256 e. The Kier molecular flexibility index (Phi) is 5.78. The van der Waals surface area contributed by atoms with Crippen LogP contribution in [0.5, 0.6) is 11.5 Å². The summed E-state index contributed by atoms with van der Waals surface area (Å²) in [4.78, 5) is 24.0. The van der Waals surface area contributed by atoms with Crippen molar-refractivity contribution in [3.63, 3.8) is 0 Å². The number of para-hydroxylation sites is 1. The molecule has 0 bridgehead atoms. The first-order valence-electron chi connectivity index (χ1n) is 9.63.